The van der Waals surface area contributed by atoms with Gasteiger partial charge in [0.25, 0.3) is 0 Å². The molecule has 2 saturated heterocycles. The zero-order chi connectivity index (χ0) is 20.9. The quantitative estimate of drug-likeness (QED) is 0.306. The van der Waals surface area contributed by atoms with Crippen molar-refractivity contribution in [2.24, 2.45) is 5.92 Å². The average molecular weight is 436 g/mol. The molecule has 2 aromatic rings. The van der Waals surface area contributed by atoms with Crippen molar-refractivity contribution in [1.82, 2.24) is 9.47 Å². The molecule has 4 atom stereocenters. The van der Waals surface area contributed by atoms with E-state index >= 15 is 0 Å². The fourth-order valence-electron chi connectivity index (χ4n) is 4.18. The first kappa shape index (κ1) is 23.1. The minimum Gasteiger partial charge on any atom is -0.548 e. The number of carbonyl (C=O) groups excluding carboxylic acids is 3. The van der Waals surface area contributed by atoms with E-state index in [-0.39, 0.29) is 29.6 Å². The van der Waals surface area contributed by atoms with Crippen LogP contribution in [0.4, 0.5) is 0 Å². The third-order valence-corrected chi connectivity index (χ3v) is 7.18. The van der Waals surface area contributed by atoms with Crippen LogP contribution in [0.2, 0.25) is 0 Å². The molecule has 7 nitrogen and oxygen atoms in total. The number of aliphatic hydroxyl groups is 1. The minimum atomic E-state index is -1.53. The Morgan fingerprint density at radius 2 is 1.87 bits per heavy atom. The van der Waals surface area contributed by atoms with Crippen molar-refractivity contribution in [3.05, 3.63) is 59.9 Å². The number of β-lactam (4-membered cyclic amide) rings is 1. The van der Waals surface area contributed by atoms with E-state index in [4.69, 9.17) is 0 Å². The van der Waals surface area contributed by atoms with E-state index in [0.717, 1.165) is 5.56 Å². The van der Waals surface area contributed by atoms with E-state index in [0.29, 0.717) is 12.2 Å². The molecule has 0 aliphatic carbocycles. The van der Waals surface area contributed by atoms with E-state index < -0.39 is 45.8 Å². The van der Waals surface area contributed by atoms with Gasteiger partial charge in [-0.05, 0) is 31.5 Å². The van der Waals surface area contributed by atoms with Gasteiger partial charge in [0.15, 0.2) is 0 Å². The molecule has 1 aromatic heterocycles. The Bertz CT molecular complexity index is 977. The number of hydrogen-bond acceptors (Lipinski definition) is 6. The van der Waals surface area contributed by atoms with Gasteiger partial charge < -0.3 is 24.5 Å². The summed E-state index contributed by atoms with van der Waals surface area (Å²) >= 11 is 1.28. The number of ketones is 1. The van der Waals surface area contributed by atoms with Crippen molar-refractivity contribution in [3.8, 4) is 0 Å². The standard InChI is InChI=1S/C21H22N2O5S.Na/c1-21(2)17(20(27)28)23-18(26)14(19(23)29-21)16(25)15(24)13-9-6-10-22(13)11-12-7-4-3-5-8-12;/h3-10,14,16-17,19,25H,11H2,1-2H3,(H,27,28);/q;+1/p-1/t14-,16-,17+,19-;/m1./s1. The Kier molecular flexibility index (Phi) is 6.55. The molecule has 0 spiro atoms. The Balaban J connectivity index is 0.00000256. The van der Waals surface area contributed by atoms with Gasteiger partial charge in [0, 0.05) is 17.5 Å². The van der Waals surface area contributed by atoms with E-state index in [1.807, 2.05) is 30.3 Å². The summed E-state index contributed by atoms with van der Waals surface area (Å²) < 4.78 is 0.974. The fourth-order valence-corrected chi connectivity index (χ4v) is 5.90. The molecule has 4 rings (SSSR count). The van der Waals surface area contributed by atoms with Crippen LogP contribution in [0.1, 0.15) is 29.9 Å². The molecule has 2 aliphatic heterocycles. The van der Waals surface area contributed by atoms with Crippen LogP contribution in [0.15, 0.2) is 48.7 Å². The number of carboxylic acid groups (broad SMARTS) is 1. The second-order valence-electron chi connectivity index (χ2n) is 7.92. The van der Waals surface area contributed by atoms with Gasteiger partial charge in [0.05, 0.1) is 23.1 Å². The first-order valence-corrected chi connectivity index (χ1v) is 10.2. The normalized spacial score (nSPS) is 25.1. The number of carbonyl (C=O) groups is 3. The number of thioether (sulfide) groups is 1. The van der Waals surface area contributed by atoms with Gasteiger partial charge in [-0.15, -0.1) is 11.8 Å². The van der Waals surface area contributed by atoms with Crippen LogP contribution in [0.5, 0.6) is 0 Å². The zero-order valence-electron chi connectivity index (χ0n) is 17.0. The van der Waals surface area contributed by atoms with Gasteiger partial charge in [-0.2, -0.15) is 0 Å². The number of aromatic nitrogens is 1. The van der Waals surface area contributed by atoms with Crippen molar-refractivity contribution < 1.29 is 54.2 Å². The van der Waals surface area contributed by atoms with Crippen LogP contribution in [0.3, 0.4) is 0 Å². The van der Waals surface area contributed by atoms with E-state index in [9.17, 15) is 24.6 Å². The molecule has 0 bridgehead atoms. The molecule has 1 N–H and O–H groups in total. The van der Waals surface area contributed by atoms with Gasteiger partial charge in [-0.1, -0.05) is 30.3 Å². The van der Waals surface area contributed by atoms with Crippen molar-refractivity contribution in [2.75, 3.05) is 0 Å². The number of fused-ring (bicyclic) bond motifs is 1. The molecule has 9 heteroatoms. The molecule has 30 heavy (non-hydrogen) atoms. The van der Waals surface area contributed by atoms with Crippen LogP contribution < -0.4 is 34.7 Å². The summed E-state index contributed by atoms with van der Waals surface area (Å²) in [5.74, 6) is -3.35. The van der Waals surface area contributed by atoms with Gasteiger partial charge in [0.2, 0.25) is 11.7 Å². The predicted octanol–water partition coefficient (Wildman–Crippen LogP) is -2.49. The largest absolute Gasteiger partial charge is 1.00 e. The fraction of sp³-hybridized carbons (Fsp3) is 0.381. The summed E-state index contributed by atoms with van der Waals surface area (Å²) in [6.45, 7) is 3.91. The number of nitrogens with zero attached hydrogens (tertiary/aromatic N) is 2. The molecule has 2 fully saturated rings. The second-order valence-corrected chi connectivity index (χ2v) is 9.69. The van der Waals surface area contributed by atoms with E-state index in [2.05, 4.69) is 0 Å². The molecule has 1 aromatic carbocycles. The molecule has 0 radical (unpaired) electrons. The van der Waals surface area contributed by atoms with E-state index in [1.165, 1.54) is 16.7 Å². The maximum atomic E-state index is 13.0. The van der Waals surface area contributed by atoms with E-state index in [1.54, 1.807) is 36.7 Å². The average Bonchev–Trinajstić information content (AvgIpc) is 3.22. The van der Waals surface area contributed by atoms with Gasteiger partial charge in [-0.25, -0.2) is 0 Å². The maximum Gasteiger partial charge on any atom is 1.00 e. The molecule has 3 heterocycles. The van der Waals surface area contributed by atoms with Gasteiger partial charge in [-0.3, -0.25) is 9.59 Å². The molecule has 2 aliphatic rings. The molecule has 0 unspecified atom stereocenters. The molecule has 152 valence electrons. The Morgan fingerprint density at radius 3 is 2.50 bits per heavy atom. The monoisotopic (exact) mass is 436 g/mol. The number of aliphatic hydroxyl groups excluding tert-OH is 1. The summed E-state index contributed by atoms with van der Waals surface area (Å²) in [4.78, 5) is 38.4. The summed E-state index contributed by atoms with van der Waals surface area (Å²) in [5.41, 5.74) is 1.31. The second kappa shape index (κ2) is 8.51. The Morgan fingerprint density at radius 1 is 1.20 bits per heavy atom. The first-order valence-electron chi connectivity index (χ1n) is 9.34. The van der Waals surface area contributed by atoms with Crippen LogP contribution in [0.25, 0.3) is 0 Å². The number of benzene rings is 1. The van der Waals surface area contributed by atoms with Gasteiger partial charge >= 0.3 is 29.6 Å². The van der Waals surface area contributed by atoms with Crippen LogP contribution >= 0.6 is 11.8 Å². The van der Waals surface area contributed by atoms with Crippen molar-refractivity contribution in [2.45, 2.75) is 42.7 Å². The molecule has 1 amide bonds. The number of hydrogen-bond donors (Lipinski definition) is 1. The number of amides is 1. The predicted molar refractivity (Wildman–Crippen MR) is 105 cm³/mol. The van der Waals surface area contributed by atoms with Crippen LogP contribution in [-0.2, 0) is 16.1 Å². The Labute approximate surface area is 200 Å². The summed E-state index contributed by atoms with van der Waals surface area (Å²) in [6, 6.07) is 11.9. The first-order chi connectivity index (χ1) is 13.7. The number of aliphatic carboxylic acids is 1. The van der Waals surface area contributed by atoms with Crippen molar-refractivity contribution >= 4 is 29.4 Å². The summed E-state index contributed by atoms with van der Waals surface area (Å²) in [5, 5.41) is 21.7. The number of rotatable bonds is 6. The molecular formula is C21H21N2NaO5S. The van der Waals surface area contributed by atoms with Gasteiger partial charge in [0.1, 0.15) is 12.0 Å². The minimum absolute atomic E-state index is 0. The van der Waals surface area contributed by atoms with Crippen LogP contribution in [-0.4, -0.2) is 54.5 Å². The molecular weight excluding hydrogens is 415 g/mol. The Hall–Kier alpha value is -1.58. The third-order valence-electron chi connectivity index (χ3n) is 5.59. The number of carboxylic acids is 1. The summed E-state index contributed by atoms with van der Waals surface area (Å²) in [6.07, 6.45) is 0.221. The number of Topliss-reactive ketones (excluding diaryl/α,β-unsaturated/α-hetero) is 1. The van der Waals surface area contributed by atoms with Crippen molar-refractivity contribution in [1.29, 1.82) is 0 Å². The summed E-state index contributed by atoms with van der Waals surface area (Å²) in [7, 11) is 0. The smallest absolute Gasteiger partial charge is 0.548 e. The zero-order valence-corrected chi connectivity index (χ0v) is 19.8. The molecule has 0 saturated carbocycles. The SMILES string of the molecule is CC1(C)S[C@@H]2[C@H]([C@@H](O)C(=O)c3cccn3Cc3ccccc3)C(=O)N2[C@H]1C(=O)[O-].[Na+]. The van der Waals surface area contributed by atoms with Crippen LogP contribution in [0, 0.1) is 5.92 Å². The van der Waals surface area contributed by atoms with Crippen molar-refractivity contribution in [3.63, 3.8) is 0 Å². The third kappa shape index (κ3) is 3.76. The topological polar surface area (TPSA) is 103 Å². The maximum absolute atomic E-state index is 13.0.